The number of hydrogen-bond donors (Lipinski definition) is 3. The molecular formula is C14H19N3O. The molecule has 2 aromatic rings. The fraction of sp³-hybridized carbons (Fsp3) is 0.357. The van der Waals surface area contributed by atoms with Crippen LogP contribution in [-0.2, 0) is 0 Å². The normalized spacial score (nSPS) is 10.8. The Morgan fingerprint density at radius 2 is 2.11 bits per heavy atom. The van der Waals surface area contributed by atoms with E-state index in [0.717, 1.165) is 47.2 Å². The molecule has 1 aromatic carbocycles. The van der Waals surface area contributed by atoms with E-state index in [9.17, 15) is 0 Å². The lowest BCUT2D eigenvalue weighted by atomic mass is 10.1. The summed E-state index contributed by atoms with van der Waals surface area (Å²) in [4.78, 5) is 4.28. The number of aliphatic hydroxyl groups excluding tert-OH is 1. The minimum atomic E-state index is 0.243. The van der Waals surface area contributed by atoms with E-state index >= 15 is 0 Å². The van der Waals surface area contributed by atoms with Crippen molar-refractivity contribution in [1.82, 2.24) is 4.98 Å². The first kappa shape index (κ1) is 12.6. The predicted octanol–water partition coefficient (Wildman–Crippen LogP) is 2.31. The smallest absolute Gasteiger partial charge is 0.0431 e. The van der Waals surface area contributed by atoms with E-state index in [0.29, 0.717) is 0 Å². The number of anilines is 2. The van der Waals surface area contributed by atoms with Gasteiger partial charge in [-0.25, -0.2) is 0 Å². The molecule has 18 heavy (non-hydrogen) atoms. The maximum absolute atomic E-state index is 8.76. The van der Waals surface area contributed by atoms with E-state index in [2.05, 4.69) is 10.3 Å². The maximum Gasteiger partial charge on any atom is 0.0431 e. The van der Waals surface area contributed by atoms with Crippen molar-refractivity contribution in [1.29, 1.82) is 0 Å². The quantitative estimate of drug-likeness (QED) is 0.558. The first-order valence-electron chi connectivity index (χ1n) is 6.22. The minimum absolute atomic E-state index is 0.243. The summed E-state index contributed by atoms with van der Waals surface area (Å²) < 4.78 is 0. The van der Waals surface area contributed by atoms with Gasteiger partial charge in [0.1, 0.15) is 0 Å². The number of aromatic nitrogens is 1. The lowest BCUT2D eigenvalue weighted by Crippen LogP contribution is -2.03. The largest absolute Gasteiger partial charge is 0.398 e. The van der Waals surface area contributed by atoms with Crippen molar-refractivity contribution in [2.75, 3.05) is 24.2 Å². The topological polar surface area (TPSA) is 71.2 Å². The van der Waals surface area contributed by atoms with Gasteiger partial charge in [-0.3, -0.25) is 4.98 Å². The number of aryl methyl sites for hydroxylation is 1. The fourth-order valence-corrected chi connectivity index (χ4v) is 1.98. The second kappa shape index (κ2) is 5.69. The van der Waals surface area contributed by atoms with Gasteiger partial charge in [0, 0.05) is 47.2 Å². The van der Waals surface area contributed by atoms with E-state index in [-0.39, 0.29) is 6.61 Å². The van der Waals surface area contributed by atoms with Crippen LogP contribution in [0.25, 0.3) is 10.8 Å². The number of nitrogen functional groups attached to an aromatic ring is 1. The Hall–Kier alpha value is -1.81. The summed E-state index contributed by atoms with van der Waals surface area (Å²) in [6.45, 7) is 3.06. The van der Waals surface area contributed by atoms with Crippen LogP contribution in [0.5, 0.6) is 0 Å². The first-order chi connectivity index (χ1) is 8.72. The second-order valence-electron chi connectivity index (χ2n) is 4.43. The van der Waals surface area contributed by atoms with E-state index in [1.54, 1.807) is 0 Å². The first-order valence-corrected chi connectivity index (χ1v) is 6.22. The molecule has 2 rings (SSSR count). The van der Waals surface area contributed by atoms with Crippen molar-refractivity contribution >= 4 is 22.1 Å². The molecule has 0 amide bonds. The van der Waals surface area contributed by atoms with Crippen LogP contribution >= 0.6 is 0 Å². The third-order valence-electron chi connectivity index (χ3n) is 2.97. The average Bonchev–Trinajstić information content (AvgIpc) is 2.37. The second-order valence-corrected chi connectivity index (χ2v) is 4.43. The Morgan fingerprint density at radius 1 is 1.28 bits per heavy atom. The lowest BCUT2D eigenvalue weighted by Gasteiger charge is -2.11. The molecule has 0 unspecified atom stereocenters. The van der Waals surface area contributed by atoms with Crippen LogP contribution in [0.1, 0.15) is 18.5 Å². The molecular weight excluding hydrogens is 226 g/mol. The van der Waals surface area contributed by atoms with Gasteiger partial charge in [-0.1, -0.05) is 0 Å². The Morgan fingerprint density at radius 3 is 2.89 bits per heavy atom. The van der Waals surface area contributed by atoms with Crippen molar-refractivity contribution in [2.24, 2.45) is 0 Å². The summed E-state index contributed by atoms with van der Waals surface area (Å²) in [7, 11) is 0. The molecule has 0 atom stereocenters. The zero-order chi connectivity index (χ0) is 13.0. The van der Waals surface area contributed by atoms with Crippen molar-refractivity contribution in [3.8, 4) is 0 Å². The third-order valence-corrected chi connectivity index (χ3v) is 2.97. The highest BCUT2D eigenvalue weighted by molar-refractivity contribution is 6.00. The molecule has 1 heterocycles. The SMILES string of the molecule is Cc1cc2c(NCCCCO)ccc(N)c2cn1. The highest BCUT2D eigenvalue weighted by Gasteiger charge is 2.04. The summed E-state index contributed by atoms with van der Waals surface area (Å²) in [5, 5.41) is 14.2. The van der Waals surface area contributed by atoms with Crippen LogP contribution < -0.4 is 11.1 Å². The van der Waals surface area contributed by atoms with Crippen molar-refractivity contribution in [2.45, 2.75) is 19.8 Å². The summed E-state index contributed by atoms with van der Waals surface area (Å²) in [5.41, 5.74) is 8.75. The molecule has 0 bridgehead atoms. The van der Waals surface area contributed by atoms with E-state index < -0.39 is 0 Å². The molecule has 0 radical (unpaired) electrons. The Bertz CT molecular complexity index is 540. The van der Waals surface area contributed by atoms with Gasteiger partial charge in [-0.2, -0.15) is 0 Å². The number of rotatable bonds is 5. The van der Waals surface area contributed by atoms with Gasteiger partial charge >= 0.3 is 0 Å². The third kappa shape index (κ3) is 2.71. The van der Waals surface area contributed by atoms with Crippen molar-refractivity contribution < 1.29 is 5.11 Å². The highest BCUT2D eigenvalue weighted by atomic mass is 16.2. The van der Waals surface area contributed by atoms with Gasteiger partial charge in [0.25, 0.3) is 0 Å². The molecule has 0 saturated heterocycles. The molecule has 96 valence electrons. The van der Waals surface area contributed by atoms with Crippen LogP contribution in [0.3, 0.4) is 0 Å². The van der Waals surface area contributed by atoms with Gasteiger partial charge in [-0.15, -0.1) is 0 Å². The fourth-order valence-electron chi connectivity index (χ4n) is 1.98. The van der Waals surface area contributed by atoms with Gasteiger partial charge in [0.2, 0.25) is 0 Å². The molecule has 4 N–H and O–H groups in total. The summed E-state index contributed by atoms with van der Waals surface area (Å²) in [5.74, 6) is 0. The number of hydrogen-bond acceptors (Lipinski definition) is 4. The molecule has 0 aliphatic carbocycles. The monoisotopic (exact) mass is 245 g/mol. The summed E-state index contributed by atoms with van der Waals surface area (Å²) in [6.07, 6.45) is 3.59. The van der Waals surface area contributed by atoms with E-state index in [1.165, 1.54) is 0 Å². The van der Waals surface area contributed by atoms with E-state index in [1.807, 2.05) is 31.3 Å². The number of nitrogens with one attached hydrogen (secondary N) is 1. The Labute approximate surface area is 107 Å². The number of benzene rings is 1. The number of nitrogens with two attached hydrogens (primary N) is 1. The molecule has 4 heteroatoms. The zero-order valence-electron chi connectivity index (χ0n) is 10.6. The van der Waals surface area contributed by atoms with Crippen molar-refractivity contribution in [3.05, 3.63) is 30.1 Å². The van der Waals surface area contributed by atoms with Gasteiger partial charge in [0.05, 0.1) is 0 Å². The van der Waals surface area contributed by atoms with Crippen LogP contribution in [0.2, 0.25) is 0 Å². The standard InChI is InChI=1S/C14H19N3O/c1-10-8-11-12(9-17-10)13(15)4-5-14(11)16-6-2-3-7-18/h4-5,8-9,16,18H,2-3,6-7,15H2,1H3. The van der Waals surface area contributed by atoms with Crippen LogP contribution in [0.15, 0.2) is 24.4 Å². The van der Waals surface area contributed by atoms with Crippen LogP contribution in [-0.4, -0.2) is 23.2 Å². The number of pyridine rings is 1. The molecule has 0 aliphatic rings. The van der Waals surface area contributed by atoms with Gasteiger partial charge in [0.15, 0.2) is 0 Å². The molecule has 0 spiro atoms. The number of unbranched alkanes of at least 4 members (excludes halogenated alkanes) is 1. The number of fused-ring (bicyclic) bond motifs is 1. The average molecular weight is 245 g/mol. The summed E-state index contributed by atoms with van der Waals surface area (Å²) in [6, 6.07) is 5.93. The van der Waals surface area contributed by atoms with Gasteiger partial charge in [-0.05, 0) is 38.0 Å². The number of aliphatic hydroxyl groups is 1. The van der Waals surface area contributed by atoms with Crippen molar-refractivity contribution in [3.63, 3.8) is 0 Å². The Kier molecular flexibility index (Phi) is 3.99. The molecule has 0 fully saturated rings. The maximum atomic E-state index is 8.76. The molecule has 4 nitrogen and oxygen atoms in total. The predicted molar refractivity (Wildman–Crippen MR) is 75.7 cm³/mol. The van der Waals surface area contributed by atoms with Crippen LogP contribution in [0, 0.1) is 6.92 Å². The molecule has 1 aromatic heterocycles. The van der Waals surface area contributed by atoms with Gasteiger partial charge < -0.3 is 16.2 Å². The molecule has 0 aliphatic heterocycles. The zero-order valence-corrected chi connectivity index (χ0v) is 10.6. The minimum Gasteiger partial charge on any atom is -0.398 e. The molecule has 0 saturated carbocycles. The Balaban J connectivity index is 2.27. The van der Waals surface area contributed by atoms with E-state index in [4.69, 9.17) is 10.8 Å². The number of nitrogens with zero attached hydrogens (tertiary/aromatic N) is 1. The summed E-state index contributed by atoms with van der Waals surface area (Å²) >= 11 is 0. The highest BCUT2D eigenvalue weighted by Crippen LogP contribution is 2.28. The van der Waals surface area contributed by atoms with Crippen LogP contribution in [0.4, 0.5) is 11.4 Å². The lowest BCUT2D eigenvalue weighted by molar-refractivity contribution is 0.286.